The van der Waals surface area contributed by atoms with Crippen molar-refractivity contribution in [3.8, 4) is 0 Å². The number of amides is 1. The Morgan fingerprint density at radius 1 is 1.12 bits per heavy atom. The van der Waals surface area contributed by atoms with Gasteiger partial charge in [0.2, 0.25) is 0 Å². The number of allylic oxidation sites excluding steroid dienone is 2. The normalized spacial score (nSPS) is 40.1. The van der Waals surface area contributed by atoms with Crippen LogP contribution in [0.5, 0.6) is 0 Å². The van der Waals surface area contributed by atoms with Gasteiger partial charge in [-0.2, -0.15) is 0 Å². The quantitative estimate of drug-likeness (QED) is 0.613. The number of rotatable bonds is 5. The fourth-order valence-corrected chi connectivity index (χ4v) is 7.81. The molecule has 34 heavy (non-hydrogen) atoms. The van der Waals surface area contributed by atoms with Crippen LogP contribution in [0.4, 0.5) is 0 Å². The molecule has 1 heterocycles. The molecule has 0 radical (unpaired) electrons. The van der Waals surface area contributed by atoms with Crippen molar-refractivity contribution in [2.24, 2.45) is 33.7 Å². The van der Waals surface area contributed by atoms with Crippen molar-refractivity contribution in [2.75, 3.05) is 6.61 Å². The predicted molar refractivity (Wildman–Crippen MR) is 132 cm³/mol. The number of oxime groups is 1. The minimum atomic E-state index is -0.520. The number of aliphatic hydroxyl groups is 1. The summed E-state index contributed by atoms with van der Waals surface area (Å²) in [4.78, 5) is 21.5. The van der Waals surface area contributed by atoms with E-state index in [0.717, 1.165) is 43.4 Å². The zero-order valence-electron chi connectivity index (χ0n) is 20.8. The van der Waals surface area contributed by atoms with E-state index < -0.39 is 5.60 Å². The fourth-order valence-electron chi connectivity index (χ4n) is 7.81. The lowest BCUT2D eigenvalue weighted by molar-refractivity contribution is -0.125. The van der Waals surface area contributed by atoms with Crippen molar-refractivity contribution in [2.45, 2.75) is 84.3 Å². The molecule has 6 heteroatoms. The Morgan fingerprint density at radius 3 is 2.68 bits per heavy atom. The van der Waals surface area contributed by atoms with Gasteiger partial charge in [-0.25, -0.2) is 0 Å². The monoisotopic (exact) mass is 465 g/mol. The minimum Gasteiger partial charge on any atom is -0.390 e. The summed E-state index contributed by atoms with van der Waals surface area (Å²) in [6.45, 7) is 7.29. The van der Waals surface area contributed by atoms with E-state index in [1.165, 1.54) is 24.8 Å². The SMILES string of the molecule is C[C@]12CC/C(=N/OCC(=O)NCc3ccncc3)C=C1CC[C@@H]1[C@@H]2CC[C@@]2(C)[C@H]1CC[C@]2(C)O. The molecule has 2 N–H and O–H groups in total. The average Bonchev–Trinajstić information content (AvgIpc) is 3.07. The highest BCUT2D eigenvalue weighted by Crippen LogP contribution is 2.67. The Hall–Kier alpha value is -2.21. The first kappa shape index (κ1) is 23.5. The zero-order chi connectivity index (χ0) is 24.0. The number of nitrogens with zero attached hydrogens (tertiary/aromatic N) is 2. The number of nitrogens with one attached hydrogen (secondary N) is 1. The van der Waals surface area contributed by atoms with Crippen molar-refractivity contribution in [3.63, 3.8) is 0 Å². The second-order valence-electron chi connectivity index (χ2n) is 11.8. The van der Waals surface area contributed by atoms with E-state index in [0.29, 0.717) is 24.3 Å². The van der Waals surface area contributed by atoms with Gasteiger partial charge in [-0.05, 0) is 111 Å². The molecule has 4 aliphatic carbocycles. The van der Waals surface area contributed by atoms with Crippen LogP contribution in [0.2, 0.25) is 0 Å². The van der Waals surface area contributed by atoms with Crippen LogP contribution in [0, 0.1) is 28.6 Å². The summed E-state index contributed by atoms with van der Waals surface area (Å²) < 4.78 is 0. The van der Waals surface area contributed by atoms with Crippen LogP contribution in [0.3, 0.4) is 0 Å². The van der Waals surface area contributed by atoms with E-state index in [1.54, 1.807) is 12.4 Å². The number of carbonyl (C=O) groups is 1. The van der Waals surface area contributed by atoms with Crippen molar-refractivity contribution >= 4 is 11.6 Å². The van der Waals surface area contributed by atoms with E-state index >= 15 is 0 Å². The first-order chi connectivity index (χ1) is 16.2. The van der Waals surface area contributed by atoms with Crippen LogP contribution in [0.25, 0.3) is 0 Å². The van der Waals surface area contributed by atoms with Gasteiger partial charge in [0, 0.05) is 18.9 Å². The summed E-state index contributed by atoms with van der Waals surface area (Å²) in [6, 6.07) is 3.76. The minimum absolute atomic E-state index is 0.0683. The van der Waals surface area contributed by atoms with Gasteiger partial charge in [-0.1, -0.05) is 24.6 Å². The second-order valence-corrected chi connectivity index (χ2v) is 11.8. The molecule has 3 saturated carbocycles. The van der Waals surface area contributed by atoms with Gasteiger partial charge < -0.3 is 15.3 Å². The molecule has 1 aromatic rings. The standard InChI is InChI=1S/C28H39N3O3/c1-26-11-6-21(31-34-18-25(32)30-17-19-9-14-29-15-10-19)16-20(26)4-5-22-23(26)7-12-27(2)24(22)8-13-28(27,3)33/h9-10,14-16,22-24,33H,4-8,11-13,17-18H2,1-3H3,(H,30,32)/b31-21-/t22-,23+,24+,26+,27+,28+/m1/s1. The number of hydrogen-bond donors (Lipinski definition) is 2. The number of carbonyl (C=O) groups excluding carboxylic acids is 1. The summed E-state index contributed by atoms with van der Waals surface area (Å²) in [7, 11) is 0. The molecule has 0 unspecified atom stereocenters. The van der Waals surface area contributed by atoms with Gasteiger partial charge in [0.25, 0.3) is 5.91 Å². The molecule has 1 aromatic heterocycles. The molecule has 184 valence electrons. The first-order valence-electron chi connectivity index (χ1n) is 13.0. The maximum absolute atomic E-state index is 12.1. The van der Waals surface area contributed by atoms with Crippen molar-refractivity contribution in [3.05, 3.63) is 41.7 Å². The van der Waals surface area contributed by atoms with Crippen LogP contribution in [0.15, 0.2) is 41.3 Å². The number of fused-ring (bicyclic) bond motifs is 5. The third-order valence-electron chi connectivity index (χ3n) is 10.2. The summed E-state index contributed by atoms with van der Waals surface area (Å²) in [5.74, 6) is 1.88. The van der Waals surface area contributed by atoms with Crippen LogP contribution in [0.1, 0.15) is 77.7 Å². The Morgan fingerprint density at radius 2 is 1.88 bits per heavy atom. The number of hydrogen-bond acceptors (Lipinski definition) is 5. The average molecular weight is 466 g/mol. The molecule has 6 atom stereocenters. The molecule has 0 aromatic carbocycles. The van der Waals surface area contributed by atoms with E-state index in [-0.39, 0.29) is 23.3 Å². The maximum Gasteiger partial charge on any atom is 0.261 e. The van der Waals surface area contributed by atoms with E-state index in [4.69, 9.17) is 4.84 Å². The maximum atomic E-state index is 12.1. The molecule has 4 aliphatic rings. The van der Waals surface area contributed by atoms with Gasteiger partial charge >= 0.3 is 0 Å². The van der Waals surface area contributed by atoms with E-state index in [9.17, 15) is 9.90 Å². The largest absolute Gasteiger partial charge is 0.390 e. The topological polar surface area (TPSA) is 83.8 Å². The van der Waals surface area contributed by atoms with Gasteiger partial charge in [0.15, 0.2) is 6.61 Å². The van der Waals surface area contributed by atoms with Crippen molar-refractivity contribution in [1.82, 2.24) is 10.3 Å². The predicted octanol–water partition coefficient (Wildman–Crippen LogP) is 4.78. The summed E-state index contributed by atoms with van der Waals surface area (Å²) in [5, 5.41) is 18.3. The van der Waals surface area contributed by atoms with Crippen LogP contribution in [-0.4, -0.2) is 33.9 Å². The zero-order valence-corrected chi connectivity index (χ0v) is 20.8. The molecular formula is C28H39N3O3. The third kappa shape index (κ3) is 3.98. The van der Waals surface area contributed by atoms with Gasteiger partial charge in [-0.3, -0.25) is 9.78 Å². The Bertz CT molecular complexity index is 988. The molecule has 3 fully saturated rings. The fraction of sp³-hybridized carbons (Fsp3) is 0.679. The molecule has 0 bridgehead atoms. The first-order valence-corrected chi connectivity index (χ1v) is 13.0. The molecule has 5 rings (SSSR count). The molecule has 0 aliphatic heterocycles. The molecule has 1 amide bonds. The molecule has 0 saturated heterocycles. The van der Waals surface area contributed by atoms with Crippen LogP contribution in [-0.2, 0) is 16.2 Å². The Kier molecular flexibility index (Phi) is 6.07. The highest BCUT2D eigenvalue weighted by Gasteiger charge is 2.62. The van der Waals surface area contributed by atoms with Crippen LogP contribution < -0.4 is 5.32 Å². The lowest BCUT2D eigenvalue weighted by Crippen LogP contribution is -2.53. The smallest absolute Gasteiger partial charge is 0.261 e. The van der Waals surface area contributed by atoms with E-state index in [2.05, 4.69) is 42.3 Å². The Balaban J connectivity index is 1.20. The van der Waals surface area contributed by atoms with E-state index in [1.807, 2.05) is 12.1 Å². The lowest BCUT2D eigenvalue weighted by Gasteiger charge is -2.59. The van der Waals surface area contributed by atoms with Gasteiger partial charge in [-0.15, -0.1) is 0 Å². The third-order valence-corrected chi connectivity index (χ3v) is 10.2. The van der Waals surface area contributed by atoms with Gasteiger partial charge in [0.05, 0.1) is 11.3 Å². The number of aromatic nitrogens is 1. The Labute approximate surface area is 203 Å². The van der Waals surface area contributed by atoms with Gasteiger partial charge in [0.1, 0.15) is 0 Å². The second kappa shape index (κ2) is 8.78. The summed E-state index contributed by atoms with van der Waals surface area (Å²) in [5.41, 5.74) is 3.24. The lowest BCUT2D eigenvalue weighted by atomic mass is 9.46. The molecule has 6 nitrogen and oxygen atoms in total. The van der Waals surface area contributed by atoms with Crippen molar-refractivity contribution < 1.29 is 14.7 Å². The summed E-state index contributed by atoms with van der Waals surface area (Å²) >= 11 is 0. The van der Waals surface area contributed by atoms with Crippen LogP contribution >= 0.6 is 0 Å². The highest BCUT2D eigenvalue weighted by molar-refractivity contribution is 5.96. The molecule has 0 spiro atoms. The summed E-state index contributed by atoms with van der Waals surface area (Å²) in [6.07, 6.45) is 14.5. The highest BCUT2D eigenvalue weighted by atomic mass is 16.6. The molecular weight excluding hydrogens is 426 g/mol. The van der Waals surface area contributed by atoms with Crippen molar-refractivity contribution in [1.29, 1.82) is 0 Å². The number of pyridine rings is 1.